The van der Waals surface area contributed by atoms with E-state index >= 15 is 0 Å². The van der Waals surface area contributed by atoms with E-state index in [9.17, 15) is 17.6 Å². The van der Waals surface area contributed by atoms with Crippen molar-refractivity contribution in [3.63, 3.8) is 0 Å². The minimum atomic E-state index is -4.38. The van der Waals surface area contributed by atoms with Crippen LogP contribution in [0, 0.1) is 5.82 Å². The van der Waals surface area contributed by atoms with E-state index in [1.54, 1.807) is 0 Å². The molecule has 8 heteroatoms. The van der Waals surface area contributed by atoms with Gasteiger partial charge in [0, 0.05) is 33.8 Å². The summed E-state index contributed by atoms with van der Waals surface area (Å²) < 4.78 is 54.3. The van der Waals surface area contributed by atoms with Crippen molar-refractivity contribution in [1.29, 1.82) is 0 Å². The first kappa shape index (κ1) is 17.5. The predicted octanol–water partition coefficient (Wildman–Crippen LogP) is 4.97. The Bertz CT molecular complexity index is 967. The first-order chi connectivity index (χ1) is 12.3. The Morgan fingerprint density at radius 1 is 1.27 bits per heavy atom. The average Bonchev–Trinajstić information content (AvgIpc) is 2.93. The van der Waals surface area contributed by atoms with E-state index in [4.69, 9.17) is 0 Å². The zero-order valence-electron chi connectivity index (χ0n) is 13.4. The lowest BCUT2D eigenvalue weighted by Gasteiger charge is -2.35. The number of aromatic nitrogens is 2. The van der Waals surface area contributed by atoms with Gasteiger partial charge in [-0.3, -0.25) is 9.88 Å². The molecular formula is C18H14BrF4N3. The maximum absolute atomic E-state index is 14.6. The van der Waals surface area contributed by atoms with E-state index in [2.05, 4.69) is 25.9 Å². The Balaban J connectivity index is 1.89. The number of nitrogens with zero attached hydrogens (tertiary/aromatic N) is 2. The van der Waals surface area contributed by atoms with Crippen LogP contribution in [0.1, 0.15) is 23.0 Å². The zero-order chi connectivity index (χ0) is 18.5. The number of hydrogen-bond donors (Lipinski definition) is 1. The van der Waals surface area contributed by atoms with Crippen molar-refractivity contribution in [2.24, 2.45) is 0 Å². The number of rotatable bonds is 2. The molecule has 2 aromatic heterocycles. The van der Waals surface area contributed by atoms with Crippen LogP contribution < -0.4 is 0 Å². The molecule has 1 aliphatic heterocycles. The molecule has 0 spiro atoms. The van der Waals surface area contributed by atoms with Gasteiger partial charge in [-0.1, -0.05) is 18.2 Å². The van der Waals surface area contributed by atoms with Crippen molar-refractivity contribution >= 4 is 26.8 Å². The number of alkyl halides is 3. The number of H-pyrrole nitrogens is 1. The van der Waals surface area contributed by atoms with Crippen LogP contribution in [-0.4, -0.2) is 34.1 Å². The second-order valence-corrected chi connectivity index (χ2v) is 7.24. The van der Waals surface area contributed by atoms with Gasteiger partial charge >= 0.3 is 6.18 Å². The molecule has 0 bridgehead atoms. The molecule has 136 valence electrons. The molecule has 0 saturated carbocycles. The molecule has 1 aliphatic rings. The van der Waals surface area contributed by atoms with Gasteiger partial charge in [-0.15, -0.1) is 0 Å². The van der Waals surface area contributed by atoms with Crippen molar-refractivity contribution in [2.45, 2.75) is 18.6 Å². The summed E-state index contributed by atoms with van der Waals surface area (Å²) in [5.41, 5.74) is 2.32. The van der Waals surface area contributed by atoms with Gasteiger partial charge in [0.05, 0.1) is 18.3 Å². The minimum absolute atomic E-state index is 0.00930. The topological polar surface area (TPSA) is 31.9 Å². The number of halogens is 5. The predicted molar refractivity (Wildman–Crippen MR) is 93.4 cm³/mol. The number of para-hydroxylation sites is 1. The van der Waals surface area contributed by atoms with Gasteiger partial charge in [-0.25, -0.2) is 4.39 Å². The molecule has 4 rings (SSSR count). The highest BCUT2D eigenvalue weighted by molar-refractivity contribution is 9.10. The molecule has 1 unspecified atom stereocenters. The van der Waals surface area contributed by atoms with Crippen LogP contribution in [0.2, 0.25) is 0 Å². The van der Waals surface area contributed by atoms with Crippen molar-refractivity contribution in [2.75, 3.05) is 13.1 Å². The molecule has 0 fully saturated rings. The Labute approximate surface area is 155 Å². The fourth-order valence-electron chi connectivity index (χ4n) is 3.63. The van der Waals surface area contributed by atoms with Crippen LogP contribution >= 0.6 is 15.9 Å². The van der Waals surface area contributed by atoms with Gasteiger partial charge in [0.25, 0.3) is 0 Å². The summed E-state index contributed by atoms with van der Waals surface area (Å²) in [5.74, 6) is -0.636. The summed E-state index contributed by atoms with van der Waals surface area (Å²) >= 11 is 3.14. The monoisotopic (exact) mass is 427 g/mol. The fourth-order valence-corrected chi connectivity index (χ4v) is 3.93. The van der Waals surface area contributed by atoms with Crippen LogP contribution in [-0.2, 0) is 6.42 Å². The smallest absolute Gasteiger partial charge is 0.357 e. The van der Waals surface area contributed by atoms with Gasteiger partial charge < -0.3 is 4.98 Å². The highest BCUT2D eigenvalue weighted by Crippen LogP contribution is 2.39. The SMILES string of the molecule is Fc1cc(Br)cnc1C1c2[nH]c3ccccc3c2CCN1CC(F)(F)F. The van der Waals surface area contributed by atoms with Gasteiger partial charge in [0.1, 0.15) is 5.82 Å². The third-order valence-corrected chi connectivity index (χ3v) is 5.05. The van der Waals surface area contributed by atoms with Crippen LogP contribution in [0.4, 0.5) is 17.6 Å². The second kappa shape index (κ2) is 6.35. The summed E-state index contributed by atoms with van der Waals surface area (Å²) in [7, 11) is 0. The molecule has 3 heterocycles. The van der Waals surface area contributed by atoms with Crippen LogP contribution in [0.25, 0.3) is 10.9 Å². The van der Waals surface area contributed by atoms with Crippen molar-refractivity contribution < 1.29 is 17.6 Å². The zero-order valence-corrected chi connectivity index (χ0v) is 15.0. The molecule has 26 heavy (non-hydrogen) atoms. The summed E-state index contributed by atoms with van der Waals surface area (Å²) in [4.78, 5) is 8.53. The number of fused-ring (bicyclic) bond motifs is 3. The van der Waals surface area contributed by atoms with E-state index in [1.165, 1.54) is 17.2 Å². The molecule has 0 radical (unpaired) electrons. The van der Waals surface area contributed by atoms with Crippen molar-refractivity contribution in [3.8, 4) is 0 Å². The number of hydrogen-bond acceptors (Lipinski definition) is 2. The molecule has 0 amide bonds. The Kier molecular flexibility index (Phi) is 4.27. The molecular weight excluding hydrogens is 414 g/mol. The van der Waals surface area contributed by atoms with Crippen LogP contribution in [0.5, 0.6) is 0 Å². The molecule has 3 nitrogen and oxygen atoms in total. The van der Waals surface area contributed by atoms with Crippen molar-refractivity contribution in [1.82, 2.24) is 14.9 Å². The lowest BCUT2D eigenvalue weighted by atomic mass is 9.94. The number of benzene rings is 1. The van der Waals surface area contributed by atoms with E-state index in [-0.39, 0.29) is 12.2 Å². The first-order valence-electron chi connectivity index (χ1n) is 8.05. The lowest BCUT2D eigenvalue weighted by Crippen LogP contribution is -2.42. The standard InChI is InChI=1S/C18H14BrF4N3/c19-10-7-13(20)16(24-8-10)17-15-12(5-6-26(17)9-18(21,22)23)11-3-1-2-4-14(11)25-15/h1-4,7-8,17,25H,5-6,9H2. The van der Waals surface area contributed by atoms with E-state index in [0.717, 1.165) is 16.5 Å². The summed E-state index contributed by atoms with van der Waals surface area (Å²) in [6.07, 6.45) is -2.52. The Hall–Kier alpha value is -1.93. The van der Waals surface area contributed by atoms with E-state index < -0.39 is 24.6 Å². The maximum atomic E-state index is 14.6. The average molecular weight is 428 g/mol. The number of pyridine rings is 1. The third kappa shape index (κ3) is 3.12. The quantitative estimate of drug-likeness (QED) is 0.585. The molecule has 3 aromatic rings. The largest absolute Gasteiger partial charge is 0.401 e. The van der Waals surface area contributed by atoms with Crippen LogP contribution in [0.3, 0.4) is 0 Å². The first-order valence-corrected chi connectivity index (χ1v) is 8.84. The van der Waals surface area contributed by atoms with E-state index in [0.29, 0.717) is 16.6 Å². The summed E-state index contributed by atoms with van der Waals surface area (Å²) in [6.45, 7) is -0.945. The summed E-state index contributed by atoms with van der Waals surface area (Å²) in [6, 6.07) is 7.83. The normalized spacial score (nSPS) is 18.3. The highest BCUT2D eigenvalue weighted by atomic mass is 79.9. The Morgan fingerprint density at radius 2 is 2.04 bits per heavy atom. The van der Waals surface area contributed by atoms with Gasteiger partial charge in [0.15, 0.2) is 0 Å². The molecule has 1 atom stereocenters. The maximum Gasteiger partial charge on any atom is 0.401 e. The van der Waals surface area contributed by atoms with E-state index in [1.807, 2.05) is 24.3 Å². The van der Waals surface area contributed by atoms with Gasteiger partial charge in [-0.05, 0) is 40.0 Å². The van der Waals surface area contributed by atoms with Crippen molar-refractivity contribution in [3.05, 3.63) is 63.8 Å². The third-order valence-electron chi connectivity index (χ3n) is 4.61. The molecule has 1 N–H and O–H groups in total. The van der Waals surface area contributed by atoms with Gasteiger partial charge in [0.2, 0.25) is 0 Å². The lowest BCUT2D eigenvalue weighted by molar-refractivity contribution is -0.150. The van der Waals surface area contributed by atoms with Crippen LogP contribution in [0.15, 0.2) is 41.0 Å². The van der Waals surface area contributed by atoms with Gasteiger partial charge in [-0.2, -0.15) is 13.2 Å². The minimum Gasteiger partial charge on any atom is -0.357 e. The number of aromatic amines is 1. The molecule has 0 saturated heterocycles. The number of nitrogens with one attached hydrogen (secondary N) is 1. The second-order valence-electron chi connectivity index (χ2n) is 6.32. The summed E-state index contributed by atoms with van der Waals surface area (Å²) in [5, 5.41) is 0.955. The Morgan fingerprint density at radius 3 is 2.77 bits per heavy atom. The fraction of sp³-hybridized carbons (Fsp3) is 0.278. The molecule has 0 aliphatic carbocycles. The molecule has 1 aromatic carbocycles. The highest BCUT2D eigenvalue weighted by Gasteiger charge is 2.40.